The molecule has 8 nitrogen and oxygen atoms in total. The van der Waals surface area contributed by atoms with E-state index in [1.54, 1.807) is 11.8 Å². The van der Waals surface area contributed by atoms with Crippen molar-refractivity contribution in [3.63, 3.8) is 0 Å². The summed E-state index contributed by atoms with van der Waals surface area (Å²) in [6.07, 6.45) is 5.77. The van der Waals surface area contributed by atoms with Gasteiger partial charge in [0, 0.05) is 37.3 Å². The summed E-state index contributed by atoms with van der Waals surface area (Å²) < 4.78 is 1.99. The third kappa shape index (κ3) is 5.79. The Morgan fingerprint density at radius 2 is 1.73 bits per heavy atom. The maximum Gasteiger partial charge on any atom is 0.246 e. The number of likely N-dealkylation sites (tertiary alicyclic amines) is 1. The van der Waals surface area contributed by atoms with Gasteiger partial charge in [-0.15, -0.1) is 18.3 Å². The number of amides is 2. The molecule has 1 spiro atoms. The number of halogens is 1. The van der Waals surface area contributed by atoms with Gasteiger partial charge in [0.1, 0.15) is 11.6 Å². The minimum absolute atomic E-state index is 0. The van der Waals surface area contributed by atoms with E-state index < -0.39 is 17.2 Å². The van der Waals surface area contributed by atoms with E-state index in [0.29, 0.717) is 38.8 Å². The number of hydrogen-bond acceptors (Lipinski definition) is 5. The van der Waals surface area contributed by atoms with Gasteiger partial charge in [-0.3, -0.25) is 14.5 Å². The van der Waals surface area contributed by atoms with Gasteiger partial charge < -0.3 is 15.3 Å². The molecule has 0 bridgehead atoms. The highest BCUT2D eigenvalue weighted by molar-refractivity contribution is 6.00. The van der Waals surface area contributed by atoms with E-state index in [4.69, 9.17) is 5.10 Å². The van der Waals surface area contributed by atoms with Crippen LogP contribution in [0.1, 0.15) is 75.2 Å². The van der Waals surface area contributed by atoms with Crippen LogP contribution in [0.15, 0.2) is 30.3 Å². The second-order valence-electron chi connectivity index (χ2n) is 11.6. The van der Waals surface area contributed by atoms with Crippen LogP contribution in [0.5, 0.6) is 0 Å². The van der Waals surface area contributed by atoms with Crippen molar-refractivity contribution in [2.24, 2.45) is 0 Å². The van der Waals surface area contributed by atoms with Crippen molar-refractivity contribution in [1.29, 1.82) is 0 Å². The largest absolute Gasteiger partial charge is 0.390 e. The highest BCUT2D eigenvalue weighted by Crippen LogP contribution is 2.37. The number of carbonyl (C=O) groups is 2. The molecule has 2 N–H and O–H groups in total. The molecule has 5 rings (SSSR count). The molecule has 2 amide bonds. The summed E-state index contributed by atoms with van der Waals surface area (Å²) in [5, 5.41) is 19.0. The van der Waals surface area contributed by atoms with Crippen LogP contribution in [0.2, 0.25) is 0 Å². The van der Waals surface area contributed by atoms with Gasteiger partial charge >= 0.3 is 0 Å². The first-order valence-electron chi connectivity index (χ1n) is 14.3. The maximum absolute atomic E-state index is 13.8. The average molecular weight is 568 g/mol. The van der Waals surface area contributed by atoms with Crippen LogP contribution in [0.25, 0.3) is 5.69 Å². The van der Waals surface area contributed by atoms with E-state index in [0.717, 1.165) is 42.9 Å². The zero-order chi connectivity index (χ0) is 27.6. The average Bonchev–Trinajstić information content (AvgIpc) is 3.22. The minimum Gasteiger partial charge on any atom is -0.390 e. The normalized spacial score (nSPS) is 22.3. The number of piperidine rings is 1. The highest BCUT2D eigenvalue weighted by Gasteiger charge is 2.54. The van der Waals surface area contributed by atoms with Gasteiger partial charge in [-0.2, -0.15) is 5.10 Å². The molecule has 0 unspecified atom stereocenters. The Kier molecular flexibility index (Phi) is 9.29. The lowest BCUT2D eigenvalue weighted by atomic mass is 9.77. The zero-order valence-corrected chi connectivity index (χ0v) is 24.7. The number of aliphatic hydroxyl groups is 1. The monoisotopic (exact) mass is 567 g/mol. The van der Waals surface area contributed by atoms with Crippen molar-refractivity contribution >= 4 is 24.2 Å². The first-order valence-corrected chi connectivity index (χ1v) is 14.3. The van der Waals surface area contributed by atoms with Crippen molar-refractivity contribution in [2.75, 3.05) is 19.6 Å². The lowest BCUT2D eigenvalue weighted by Crippen LogP contribution is -2.73. The van der Waals surface area contributed by atoms with E-state index in [9.17, 15) is 14.7 Å². The highest BCUT2D eigenvalue weighted by atomic mass is 35.5. The number of para-hydroxylation sites is 1. The third-order valence-corrected chi connectivity index (χ3v) is 9.10. The summed E-state index contributed by atoms with van der Waals surface area (Å²) in [6.45, 7) is 8.28. The van der Waals surface area contributed by atoms with E-state index in [1.165, 1.54) is 5.56 Å². The van der Waals surface area contributed by atoms with Crippen LogP contribution in [-0.4, -0.2) is 73.3 Å². The molecule has 3 aliphatic rings. The Labute approximate surface area is 243 Å². The number of carbonyl (C=O) groups excluding carboxylic acids is 2. The van der Waals surface area contributed by atoms with Gasteiger partial charge in [0.15, 0.2) is 0 Å². The fraction of sp³-hybridized carbons (Fsp3) is 0.581. The fourth-order valence-corrected chi connectivity index (χ4v) is 6.72. The molecule has 216 valence electrons. The summed E-state index contributed by atoms with van der Waals surface area (Å²) in [6, 6.07) is 9.45. The second-order valence-corrected chi connectivity index (χ2v) is 11.6. The zero-order valence-electron chi connectivity index (χ0n) is 23.9. The van der Waals surface area contributed by atoms with E-state index in [2.05, 4.69) is 41.1 Å². The van der Waals surface area contributed by atoms with E-state index >= 15 is 0 Å². The van der Waals surface area contributed by atoms with Gasteiger partial charge in [-0.1, -0.05) is 43.4 Å². The number of hydrogen-bond donors (Lipinski definition) is 2. The minimum atomic E-state index is -0.901. The van der Waals surface area contributed by atoms with E-state index in [-0.39, 0.29) is 37.2 Å². The number of aromatic nitrogens is 2. The topological polar surface area (TPSA) is 90.7 Å². The molecule has 1 atom stereocenters. The van der Waals surface area contributed by atoms with Crippen LogP contribution in [-0.2, 0) is 16.1 Å². The van der Waals surface area contributed by atoms with Crippen molar-refractivity contribution in [3.8, 4) is 17.5 Å². The molecule has 40 heavy (non-hydrogen) atoms. The van der Waals surface area contributed by atoms with E-state index in [1.807, 2.05) is 29.8 Å². The molecular weight excluding hydrogens is 526 g/mol. The van der Waals surface area contributed by atoms with Crippen LogP contribution in [0, 0.1) is 25.7 Å². The fourth-order valence-electron chi connectivity index (χ4n) is 6.72. The molecule has 1 aliphatic carbocycles. The number of aryl methyl sites for hydroxylation is 1. The Morgan fingerprint density at radius 3 is 2.38 bits per heavy atom. The van der Waals surface area contributed by atoms with Crippen LogP contribution < -0.4 is 5.32 Å². The molecule has 2 saturated heterocycles. The van der Waals surface area contributed by atoms with Crippen LogP contribution >= 0.6 is 12.4 Å². The molecule has 0 radical (unpaired) electrons. The quantitative estimate of drug-likeness (QED) is 0.520. The smallest absolute Gasteiger partial charge is 0.246 e. The molecule has 9 heteroatoms. The number of nitrogens with zero attached hydrogens (tertiary/aromatic N) is 4. The van der Waals surface area contributed by atoms with Crippen molar-refractivity contribution in [3.05, 3.63) is 47.3 Å². The number of nitrogens with one attached hydrogen (secondary N) is 1. The summed E-state index contributed by atoms with van der Waals surface area (Å²) in [7, 11) is 0. The Balaban J connectivity index is 0.00000370. The Bertz CT molecular complexity index is 1270. The van der Waals surface area contributed by atoms with Gasteiger partial charge in [-0.25, -0.2) is 4.68 Å². The van der Waals surface area contributed by atoms with Gasteiger partial charge in [0.2, 0.25) is 11.8 Å². The molecule has 1 aromatic heterocycles. The molecular formula is C31H42ClN5O3. The lowest BCUT2D eigenvalue weighted by molar-refractivity contribution is -0.162. The van der Waals surface area contributed by atoms with Gasteiger partial charge in [0.05, 0.1) is 23.5 Å². The Hall–Kier alpha value is -2.86. The third-order valence-electron chi connectivity index (χ3n) is 9.10. The first kappa shape index (κ1) is 30.1. The van der Waals surface area contributed by atoms with Crippen molar-refractivity contribution < 1.29 is 14.7 Å². The van der Waals surface area contributed by atoms with Gasteiger partial charge in [-0.05, 0) is 58.6 Å². The predicted molar refractivity (Wildman–Crippen MR) is 157 cm³/mol. The van der Waals surface area contributed by atoms with Crippen molar-refractivity contribution in [2.45, 2.75) is 95.9 Å². The molecule has 3 fully saturated rings. The molecule has 1 aromatic carbocycles. The lowest BCUT2D eigenvalue weighted by Gasteiger charge is -2.51. The predicted octanol–water partition coefficient (Wildman–Crippen LogP) is 3.68. The number of piperazine rings is 1. The summed E-state index contributed by atoms with van der Waals surface area (Å²) in [5.74, 6) is 5.73. The standard InChI is InChI=1S/C31H41N5O3.ClH/c1-4-5-18-35-28(37)27(21-30(39)14-10-7-11-15-30)32-29(38)31(35)16-19-34(20-17-31)22-26-23(2)33-36(24(26)3)25-12-8-6-9-13-25;/h6,8-9,12-13,27,39H,7,10-11,14-22H2,1-3H3,(H,32,38);1H/t27-;/m0./s1. The Morgan fingerprint density at radius 1 is 1.05 bits per heavy atom. The number of benzene rings is 1. The molecule has 1 saturated carbocycles. The summed E-state index contributed by atoms with van der Waals surface area (Å²) in [4.78, 5) is 31.6. The van der Waals surface area contributed by atoms with Gasteiger partial charge in [0.25, 0.3) is 0 Å². The molecule has 3 heterocycles. The SMILES string of the molecule is CC#CCN1C(=O)[C@H](CC2(O)CCCCC2)NC(=O)C12CCN(Cc1c(C)nn(-c3ccccc3)c1C)CC2.Cl. The second kappa shape index (κ2) is 12.3. The van der Waals surface area contributed by atoms with Crippen LogP contribution in [0.3, 0.4) is 0 Å². The number of rotatable bonds is 6. The first-order chi connectivity index (χ1) is 18.8. The van der Waals surface area contributed by atoms with Crippen LogP contribution in [0.4, 0.5) is 0 Å². The summed E-state index contributed by atoms with van der Waals surface area (Å²) in [5.41, 5.74) is 2.58. The molecule has 2 aliphatic heterocycles. The maximum atomic E-state index is 13.8. The van der Waals surface area contributed by atoms with Crippen molar-refractivity contribution in [1.82, 2.24) is 24.9 Å². The molecule has 2 aromatic rings. The summed E-state index contributed by atoms with van der Waals surface area (Å²) >= 11 is 0.